The Bertz CT molecular complexity index is 840. The number of likely N-dealkylation sites (tertiary alicyclic amines) is 1. The minimum absolute atomic E-state index is 0. The van der Waals surface area contributed by atoms with E-state index in [0.717, 1.165) is 47.7 Å². The molecule has 1 N–H and O–H groups in total. The number of rotatable bonds is 6. The number of halogens is 1. The van der Waals surface area contributed by atoms with Crippen molar-refractivity contribution in [3.8, 4) is 0 Å². The van der Waals surface area contributed by atoms with E-state index in [9.17, 15) is 9.59 Å². The Labute approximate surface area is 170 Å². The van der Waals surface area contributed by atoms with Gasteiger partial charge in [-0.05, 0) is 58.2 Å². The molecule has 0 radical (unpaired) electrons. The molecule has 0 bridgehead atoms. The van der Waals surface area contributed by atoms with Gasteiger partial charge >= 0.3 is 0 Å². The number of piperidine rings is 1. The van der Waals surface area contributed by atoms with Crippen LogP contribution in [0.25, 0.3) is 10.2 Å². The molecule has 8 heteroatoms. The third-order valence-electron chi connectivity index (χ3n) is 5.49. The SMILES string of the molecule is CNCCC1CCN(C(=O)CCn2cnc3sc(C)c(C)c3c2=O)CC1.Cl. The first kappa shape index (κ1) is 21.9. The first-order valence-electron chi connectivity index (χ1n) is 9.38. The van der Waals surface area contributed by atoms with E-state index in [1.54, 1.807) is 22.2 Å². The van der Waals surface area contributed by atoms with Crippen LogP contribution in [0.5, 0.6) is 0 Å². The first-order valence-corrected chi connectivity index (χ1v) is 10.2. The Morgan fingerprint density at radius 1 is 1.33 bits per heavy atom. The van der Waals surface area contributed by atoms with E-state index in [-0.39, 0.29) is 23.9 Å². The lowest BCUT2D eigenvalue weighted by Gasteiger charge is -2.32. The number of hydrogen-bond acceptors (Lipinski definition) is 5. The fourth-order valence-electron chi connectivity index (χ4n) is 3.62. The van der Waals surface area contributed by atoms with Crippen molar-refractivity contribution in [3.05, 3.63) is 27.1 Å². The molecule has 0 saturated carbocycles. The predicted molar refractivity (Wildman–Crippen MR) is 113 cm³/mol. The largest absolute Gasteiger partial charge is 0.343 e. The zero-order valence-corrected chi connectivity index (χ0v) is 17.9. The molecular weight excluding hydrogens is 384 g/mol. The van der Waals surface area contributed by atoms with Crippen LogP contribution in [0.1, 0.15) is 36.1 Å². The number of aromatic nitrogens is 2. The number of nitrogens with one attached hydrogen (secondary N) is 1. The zero-order chi connectivity index (χ0) is 18.7. The molecule has 2 aromatic heterocycles. The summed E-state index contributed by atoms with van der Waals surface area (Å²) in [5.41, 5.74) is 0.974. The smallest absolute Gasteiger partial charge is 0.262 e. The van der Waals surface area contributed by atoms with Crippen molar-refractivity contribution in [2.45, 2.75) is 46.1 Å². The Balaban J connectivity index is 0.00000261. The third kappa shape index (κ3) is 4.89. The topological polar surface area (TPSA) is 67.2 Å². The van der Waals surface area contributed by atoms with E-state index < -0.39 is 0 Å². The number of carbonyl (C=O) groups excluding carboxylic acids is 1. The lowest BCUT2D eigenvalue weighted by atomic mass is 9.93. The summed E-state index contributed by atoms with van der Waals surface area (Å²) in [6.07, 6.45) is 5.27. The first-order chi connectivity index (χ1) is 12.5. The molecule has 0 spiro atoms. The molecule has 2 aromatic rings. The van der Waals surface area contributed by atoms with Gasteiger partial charge in [-0.1, -0.05) is 0 Å². The quantitative estimate of drug-likeness (QED) is 0.792. The van der Waals surface area contributed by atoms with Gasteiger partial charge in [-0.15, -0.1) is 23.7 Å². The van der Waals surface area contributed by atoms with E-state index in [1.165, 1.54) is 6.42 Å². The molecule has 1 saturated heterocycles. The van der Waals surface area contributed by atoms with Crippen LogP contribution in [0, 0.1) is 19.8 Å². The van der Waals surface area contributed by atoms with Crippen LogP contribution in [-0.4, -0.2) is 47.0 Å². The second-order valence-electron chi connectivity index (χ2n) is 7.17. The van der Waals surface area contributed by atoms with E-state index in [2.05, 4.69) is 10.3 Å². The maximum absolute atomic E-state index is 12.7. The molecule has 1 fully saturated rings. The number of fused-ring (bicyclic) bond motifs is 1. The number of nitrogens with zero attached hydrogens (tertiary/aromatic N) is 3. The molecule has 3 rings (SSSR count). The molecule has 0 aromatic carbocycles. The summed E-state index contributed by atoms with van der Waals surface area (Å²) >= 11 is 1.55. The molecule has 0 unspecified atom stereocenters. The van der Waals surface area contributed by atoms with Crippen LogP contribution < -0.4 is 10.9 Å². The molecule has 0 atom stereocenters. The maximum Gasteiger partial charge on any atom is 0.262 e. The van der Waals surface area contributed by atoms with Crippen LogP contribution in [0.3, 0.4) is 0 Å². The van der Waals surface area contributed by atoms with Gasteiger partial charge in [0, 0.05) is 30.9 Å². The van der Waals surface area contributed by atoms with Crippen molar-refractivity contribution in [1.29, 1.82) is 0 Å². The summed E-state index contributed by atoms with van der Waals surface area (Å²) in [6.45, 7) is 7.08. The Hall–Kier alpha value is -1.44. The van der Waals surface area contributed by atoms with Crippen LogP contribution in [0.4, 0.5) is 0 Å². The summed E-state index contributed by atoms with van der Waals surface area (Å²) < 4.78 is 1.58. The summed E-state index contributed by atoms with van der Waals surface area (Å²) in [6, 6.07) is 0. The molecule has 1 aliphatic rings. The summed E-state index contributed by atoms with van der Waals surface area (Å²) in [5, 5.41) is 3.89. The molecule has 6 nitrogen and oxygen atoms in total. The Kier molecular flexibility index (Phi) is 7.82. The van der Waals surface area contributed by atoms with Crippen molar-refractivity contribution >= 4 is 39.9 Å². The predicted octanol–water partition coefficient (Wildman–Crippen LogP) is 2.73. The minimum atomic E-state index is -0.0320. The van der Waals surface area contributed by atoms with Crippen LogP contribution in [0.2, 0.25) is 0 Å². The van der Waals surface area contributed by atoms with E-state index in [1.807, 2.05) is 25.8 Å². The van der Waals surface area contributed by atoms with Crippen LogP contribution >= 0.6 is 23.7 Å². The lowest BCUT2D eigenvalue weighted by molar-refractivity contribution is -0.132. The van der Waals surface area contributed by atoms with Gasteiger partial charge in [0.25, 0.3) is 5.56 Å². The molecule has 27 heavy (non-hydrogen) atoms. The van der Waals surface area contributed by atoms with Gasteiger partial charge < -0.3 is 10.2 Å². The van der Waals surface area contributed by atoms with Gasteiger partial charge in [0.05, 0.1) is 11.7 Å². The monoisotopic (exact) mass is 412 g/mol. The normalized spacial score (nSPS) is 15.1. The standard InChI is InChI=1S/C19H28N4O2S.ClH/c1-13-14(2)26-18-17(13)19(25)23(12-21-18)11-7-16(24)22-9-5-15(6-10-22)4-8-20-3;/h12,15,20H,4-11H2,1-3H3;1H. The highest BCUT2D eigenvalue weighted by Crippen LogP contribution is 2.25. The average Bonchev–Trinajstić information content (AvgIpc) is 2.94. The number of carbonyl (C=O) groups is 1. The fraction of sp³-hybridized carbons (Fsp3) is 0.632. The number of hydrogen-bond donors (Lipinski definition) is 1. The number of aryl methyl sites for hydroxylation is 3. The van der Waals surface area contributed by atoms with E-state index >= 15 is 0 Å². The van der Waals surface area contributed by atoms with Crippen molar-refractivity contribution in [1.82, 2.24) is 19.8 Å². The zero-order valence-electron chi connectivity index (χ0n) is 16.3. The second kappa shape index (κ2) is 9.66. The van der Waals surface area contributed by atoms with Gasteiger partial charge in [-0.3, -0.25) is 14.2 Å². The fourth-order valence-corrected chi connectivity index (χ4v) is 4.61. The minimum Gasteiger partial charge on any atom is -0.343 e. The second-order valence-corrected chi connectivity index (χ2v) is 8.38. The van der Waals surface area contributed by atoms with E-state index in [4.69, 9.17) is 0 Å². The van der Waals surface area contributed by atoms with Gasteiger partial charge in [0.15, 0.2) is 0 Å². The summed E-state index contributed by atoms with van der Waals surface area (Å²) in [5.74, 6) is 0.854. The van der Waals surface area contributed by atoms with Crippen molar-refractivity contribution < 1.29 is 4.79 Å². The van der Waals surface area contributed by atoms with Crippen molar-refractivity contribution in [2.75, 3.05) is 26.7 Å². The summed E-state index contributed by atoms with van der Waals surface area (Å²) in [7, 11) is 1.98. The third-order valence-corrected chi connectivity index (χ3v) is 6.61. The van der Waals surface area contributed by atoms with Gasteiger partial charge in [0.1, 0.15) is 4.83 Å². The highest BCUT2D eigenvalue weighted by Gasteiger charge is 2.22. The molecule has 1 aliphatic heterocycles. The lowest BCUT2D eigenvalue weighted by Crippen LogP contribution is -2.39. The molecular formula is C19H29ClN4O2S. The number of thiophene rings is 1. The van der Waals surface area contributed by atoms with Gasteiger partial charge in [-0.25, -0.2) is 4.98 Å². The maximum atomic E-state index is 12.7. The highest BCUT2D eigenvalue weighted by molar-refractivity contribution is 7.18. The van der Waals surface area contributed by atoms with Crippen molar-refractivity contribution in [2.24, 2.45) is 5.92 Å². The molecule has 1 amide bonds. The number of amides is 1. The van der Waals surface area contributed by atoms with Gasteiger partial charge in [0.2, 0.25) is 5.91 Å². The Morgan fingerprint density at radius 3 is 2.70 bits per heavy atom. The molecule has 3 heterocycles. The highest BCUT2D eigenvalue weighted by atomic mass is 35.5. The average molecular weight is 413 g/mol. The van der Waals surface area contributed by atoms with Gasteiger partial charge in [-0.2, -0.15) is 0 Å². The van der Waals surface area contributed by atoms with E-state index in [0.29, 0.717) is 24.3 Å². The molecule has 0 aliphatic carbocycles. The van der Waals surface area contributed by atoms with Crippen molar-refractivity contribution in [3.63, 3.8) is 0 Å². The summed E-state index contributed by atoms with van der Waals surface area (Å²) in [4.78, 5) is 33.5. The van der Waals surface area contributed by atoms with Crippen LogP contribution in [0.15, 0.2) is 11.1 Å². The molecule has 150 valence electrons. The Morgan fingerprint density at radius 2 is 2.04 bits per heavy atom. The van der Waals surface area contributed by atoms with Crippen LogP contribution in [-0.2, 0) is 11.3 Å².